The molecule has 7 heteroatoms. The number of hydrogen-bond acceptors (Lipinski definition) is 5. The van der Waals surface area contributed by atoms with Crippen molar-refractivity contribution in [3.8, 4) is 11.1 Å². The molecule has 144 valence electrons. The van der Waals surface area contributed by atoms with Gasteiger partial charge in [0.25, 0.3) is 0 Å². The Morgan fingerprint density at radius 3 is 2.89 bits per heavy atom. The lowest BCUT2D eigenvalue weighted by Crippen LogP contribution is -2.39. The monoisotopic (exact) mass is 394 g/mol. The molecular weight excluding hydrogens is 372 g/mol. The zero-order valence-corrected chi connectivity index (χ0v) is 16.3. The van der Waals surface area contributed by atoms with Crippen LogP contribution in [0.25, 0.3) is 22.0 Å². The zero-order chi connectivity index (χ0) is 18.9. The number of anilines is 2. The average Bonchev–Trinajstić information content (AvgIpc) is 2.75. The highest BCUT2D eigenvalue weighted by molar-refractivity contribution is 7.86. The quantitative estimate of drug-likeness (QED) is 0.712. The second kappa shape index (κ2) is 7.50. The smallest absolute Gasteiger partial charge is 0.151 e. The van der Waals surface area contributed by atoms with Crippen molar-refractivity contribution in [2.75, 3.05) is 49.4 Å². The van der Waals surface area contributed by atoms with Crippen LogP contribution in [0, 0.1) is 0 Å². The number of fused-ring (bicyclic) bond motifs is 5. The van der Waals surface area contributed by atoms with Gasteiger partial charge >= 0.3 is 0 Å². The SMILES string of the molecule is O=S1Nc2c(cc(NCCN3CCOCC3)c3cccnc23)-c2ccccc21. The van der Waals surface area contributed by atoms with E-state index in [2.05, 4.69) is 32.1 Å². The van der Waals surface area contributed by atoms with Crippen LogP contribution in [0.2, 0.25) is 0 Å². The number of nitrogens with one attached hydrogen (secondary N) is 2. The van der Waals surface area contributed by atoms with E-state index in [4.69, 9.17) is 4.74 Å². The summed E-state index contributed by atoms with van der Waals surface area (Å²) in [5.41, 5.74) is 4.77. The Morgan fingerprint density at radius 2 is 2.00 bits per heavy atom. The summed E-state index contributed by atoms with van der Waals surface area (Å²) in [5.74, 6) is 0. The third-order valence-electron chi connectivity index (χ3n) is 5.31. The molecule has 1 unspecified atom stereocenters. The van der Waals surface area contributed by atoms with E-state index in [0.29, 0.717) is 0 Å². The molecule has 0 radical (unpaired) electrons. The molecule has 0 amide bonds. The molecule has 3 aromatic rings. The van der Waals surface area contributed by atoms with Crippen molar-refractivity contribution < 1.29 is 8.95 Å². The van der Waals surface area contributed by atoms with Crippen LogP contribution in [0.15, 0.2) is 53.6 Å². The van der Waals surface area contributed by atoms with E-state index in [9.17, 15) is 4.21 Å². The van der Waals surface area contributed by atoms with Crippen molar-refractivity contribution >= 4 is 33.3 Å². The molecular formula is C21H22N4O2S. The van der Waals surface area contributed by atoms with E-state index in [1.165, 1.54) is 0 Å². The molecule has 6 nitrogen and oxygen atoms in total. The predicted molar refractivity (Wildman–Crippen MR) is 113 cm³/mol. The van der Waals surface area contributed by atoms with E-state index >= 15 is 0 Å². The molecule has 2 aromatic carbocycles. The normalized spacial score (nSPS) is 18.9. The predicted octanol–water partition coefficient (Wildman–Crippen LogP) is 3.09. The number of pyridine rings is 1. The maximum Gasteiger partial charge on any atom is 0.151 e. The minimum absolute atomic E-state index is 0.810. The molecule has 28 heavy (non-hydrogen) atoms. The van der Waals surface area contributed by atoms with Gasteiger partial charge in [0.15, 0.2) is 11.0 Å². The Morgan fingerprint density at radius 1 is 1.14 bits per heavy atom. The van der Waals surface area contributed by atoms with Gasteiger partial charge in [0.2, 0.25) is 0 Å². The highest BCUT2D eigenvalue weighted by Gasteiger charge is 2.24. The maximum atomic E-state index is 12.7. The molecule has 3 heterocycles. The molecule has 2 aliphatic heterocycles. The summed E-state index contributed by atoms with van der Waals surface area (Å²) in [4.78, 5) is 7.82. The summed E-state index contributed by atoms with van der Waals surface area (Å²) in [6.45, 7) is 5.41. The molecule has 0 bridgehead atoms. The zero-order valence-electron chi connectivity index (χ0n) is 15.5. The summed E-state index contributed by atoms with van der Waals surface area (Å²) in [6.07, 6.45) is 1.78. The lowest BCUT2D eigenvalue weighted by Gasteiger charge is -2.27. The molecule has 5 rings (SSSR count). The van der Waals surface area contributed by atoms with E-state index in [1.54, 1.807) is 6.20 Å². The third kappa shape index (κ3) is 3.15. The lowest BCUT2D eigenvalue weighted by molar-refractivity contribution is 0.0398. The molecule has 1 atom stereocenters. The Hall–Kier alpha value is -2.48. The molecule has 0 spiro atoms. The fourth-order valence-electron chi connectivity index (χ4n) is 3.88. The molecule has 1 aromatic heterocycles. The summed E-state index contributed by atoms with van der Waals surface area (Å²) < 4.78 is 21.2. The van der Waals surface area contributed by atoms with Crippen LogP contribution in [-0.4, -0.2) is 53.5 Å². The highest BCUT2D eigenvalue weighted by atomic mass is 32.2. The minimum Gasteiger partial charge on any atom is -0.383 e. The fraction of sp³-hybridized carbons (Fsp3) is 0.286. The van der Waals surface area contributed by atoms with Crippen molar-refractivity contribution in [2.24, 2.45) is 0 Å². The van der Waals surface area contributed by atoms with E-state index in [-0.39, 0.29) is 0 Å². The standard InChI is InChI=1S/C21H22N4O2S/c26-28-19-6-2-1-4-15(19)17-14-18(22-8-9-25-10-12-27-13-11-25)16-5-3-7-23-20(16)21(17)24-28/h1-7,14,22,24H,8-13H2. The number of rotatable bonds is 4. The van der Waals surface area contributed by atoms with Crippen molar-refractivity contribution in [1.29, 1.82) is 0 Å². The minimum atomic E-state index is -1.28. The van der Waals surface area contributed by atoms with Crippen LogP contribution in [-0.2, 0) is 15.7 Å². The van der Waals surface area contributed by atoms with E-state index in [1.807, 2.05) is 30.3 Å². The second-order valence-corrected chi connectivity index (χ2v) is 8.18. The molecule has 0 saturated carbocycles. The summed E-state index contributed by atoms with van der Waals surface area (Å²) in [6, 6.07) is 14.0. The van der Waals surface area contributed by atoms with Gasteiger partial charge in [-0.15, -0.1) is 0 Å². The van der Waals surface area contributed by atoms with Crippen LogP contribution >= 0.6 is 0 Å². The van der Waals surface area contributed by atoms with Gasteiger partial charge in [0.1, 0.15) is 0 Å². The lowest BCUT2D eigenvalue weighted by atomic mass is 9.99. The summed E-state index contributed by atoms with van der Waals surface area (Å²) in [5, 5.41) is 4.64. The number of ether oxygens (including phenoxy) is 1. The third-order valence-corrected chi connectivity index (χ3v) is 6.46. The Kier molecular flexibility index (Phi) is 4.72. The topological polar surface area (TPSA) is 66.5 Å². The first-order chi connectivity index (χ1) is 13.8. The van der Waals surface area contributed by atoms with Crippen LogP contribution in [0.5, 0.6) is 0 Å². The van der Waals surface area contributed by atoms with Gasteiger partial charge in [-0.3, -0.25) is 14.6 Å². The molecule has 2 aliphatic rings. The largest absolute Gasteiger partial charge is 0.383 e. The van der Waals surface area contributed by atoms with Crippen molar-refractivity contribution in [2.45, 2.75) is 4.90 Å². The van der Waals surface area contributed by atoms with Crippen LogP contribution in [0.1, 0.15) is 0 Å². The fourth-order valence-corrected chi connectivity index (χ4v) is 4.96. The Labute approximate surface area is 166 Å². The number of benzene rings is 2. The summed E-state index contributed by atoms with van der Waals surface area (Å²) in [7, 11) is -1.28. The van der Waals surface area contributed by atoms with E-state index in [0.717, 1.165) is 77.7 Å². The Bertz CT molecular complexity index is 1050. The number of nitrogens with zero attached hydrogens (tertiary/aromatic N) is 2. The van der Waals surface area contributed by atoms with Gasteiger partial charge < -0.3 is 10.1 Å². The van der Waals surface area contributed by atoms with Gasteiger partial charge in [0.05, 0.1) is 29.3 Å². The highest BCUT2D eigenvalue weighted by Crippen LogP contribution is 2.43. The van der Waals surface area contributed by atoms with Crippen LogP contribution < -0.4 is 10.0 Å². The van der Waals surface area contributed by atoms with Crippen molar-refractivity contribution in [3.63, 3.8) is 0 Å². The maximum absolute atomic E-state index is 12.7. The first-order valence-electron chi connectivity index (χ1n) is 9.55. The van der Waals surface area contributed by atoms with Gasteiger partial charge in [-0.2, -0.15) is 0 Å². The average molecular weight is 394 g/mol. The van der Waals surface area contributed by atoms with Gasteiger partial charge in [-0.25, -0.2) is 4.21 Å². The number of morpholine rings is 1. The molecule has 1 saturated heterocycles. The number of aromatic nitrogens is 1. The first kappa shape index (κ1) is 17.6. The summed E-state index contributed by atoms with van der Waals surface area (Å²) >= 11 is 0. The van der Waals surface area contributed by atoms with Crippen molar-refractivity contribution in [1.82, 2.24) is 9.88 Å². The van der Waals surface area contributed by atoms with Gasteiger partial charge in [-0.1, -0.05) is 18.2 Å². The Balaban J connectivity index is 1.52. The van der Waals surface area contributed by atoms with Crippen LogP contribution in [0.4, 0.5) is 11.4 Å². The van der Waals surface area contributed by atoms with Crippen LogP contribution in [0.3, 0.4) is 0 Å². The molecule has 2 N–H and O–H groups in total. The van der Waals surface area contributed by atoms with Crippen molar-refractivity contribution in [3.05, 3.63) is 48.7 Å². The molecule has 1 fully saturated rings. The molecule has 0 aliphatic carbocycles. The first-order valence-corrected chi connectivity index (χ1v) is 10.7. The van der Waals surface area contributed by atoms with Gasteiger partial charge in [0, 0.05) is 54.6 Å². The van der Waals surface area contributed by atoms with Gasteiger partial charge in [-0.05, 0) is 24.3 Å². The van der Waals surface area contributed by atoms with E-state index < -0.39 is 11.0 Å². The second-order valence-electron chi connectivity index (χ2n) is 6.99. The number of hydrogen-bond donors (Lipinski definition) is 2.